The molecule has 4 heteroatoms. The van der Waals surface area contributed by atoms with Crippen LogP contribution in [0.1, 0.15) is 44.2 Å². The van der Waals surface area contributed by atoms with Gasteiger partial charge < -0.3 is 9.84 Å². The number of benzene rings is 2. The molecule has 5 rings (SSSR count). The first-order valence-corrected chi connectivity index (χ1v) is 11.2. The average molecular weight is 405 g/mol. The maximum Gasteiger partial charge on any atom is 0.126 e. The van der Waals surface area contributed by atoms with Crippen molar-refractivity contribution in [1.29, 1.82) is 0 Å². The molecule has 2 aromatic rings. The first kappa shape index (κ1) is 19.8. The summed E-state index contributed by atoms with van der Waals surface area (Å²) in [5.74, 6) is 0.538. The highest BCUT2D eigenvalue weighted by Gasteiger charge is 2.71. The number of hydrogen-bond donors (Lipinski definition) is 1. The topological polar surface area (TPSA) is 45.1 Å². The van der Waals surface area contributed by atoms with Crippen LogP contribution in [-0.2, 0) is 10.3 Å². The van der Waals surface area contributed by atoms with E-state index in [4.69, 9.17) is 9.84 Å². The standard InChI is InChI=1S/C26H32N2O2/c1-24(2)22-13-14-25(24,23(19-22)27-28-15-17-30-18-16-28)26(29,20-9-5-3-6-10-20)21-11-7-4-8-12-21/h3-12,22,29H,13-19H2,1-2H3/b27-23+/t22-,25+/m1/s1. The van der Waals surface area contributed by atoms with Gasteiger partial charge in [-0.25, -0.2) is 0 Å². The van der Waals surface area contributed by atoms with Crippen molar-refractivity contribution in [2.24, 2.45) is 21.8 Å². The van der Waals surface area contributed by atoms with Crippen molar-refractivity contribution in [3.63, 3.8) is 0 Å². The molecule has 2 aliphatic carbocycles. The lowest BCUT2D eigenvalue weighted by atomic mass is 9.55. The Kier molecular flexibility index (Phi) is 4.75. The number of morpholine rings is 1. The van der Waals surface area contributed by atoms with Gasteiger partial charge in [-0.15, -0.1) is 0 Å². The zero-order chi connectivity index (χ0) is 20.8. The van der Waals surface area contributed by atoms with E-state index >= 15 is 0 Å². The fourth-order valence-electron chi connectivity index (χ4n) is 6.53. The lowest BCUT2D eigenvalue weighted by molar-refractivity contribution is -0.0642. The number of hydrogen-bond acceptors (Lipinski definition) is 4. The number of aliphatic hydroxyl groups is 1. The summed E-state index contributed by atoms with van der Waals surface area (Å²) in [4.78, 5) is 0. The first-order chi connectivity index (χ1) is 14.5. The van der Waals surface area contributed by atoms with E-state index in [0.717, 1.165) is 56.7 Å². The summed E-state index contributed by atoms with van der Waals surface area (Å²) in [7, 11) is 0. The predicted octanol–water partition coefficient (Wildman–Crippen LogP) is 4.44. The van der Waals surface area contributed by atoms with E-state index in [2.05, 4.69) is 43.1 Å². The van der Waals surface area contributed by atoms with E-state index in [1.807, 2.05) is 36.4 Å². The Labute approximate surface area is 179 Å². The van der Waals surface area contributed by atoms with Crippen LogP contribution in [0.5, 0.6) is 0 Å². The molecule has 2 saturated carbocycles. The van der Waals surface area contributed by atoms with Gasteiger partial charge in [-0.2, -0.15) is 5.10 Å². The highest BCUT2D eigenvalue weighted by Crippen LogP contribution is 2.71. The third-order valence-corrected chi connectivity index (χ3v) is 8.17. The minimum Gasteiger partial charge on any atom is -0.379 e. The van der Waals surface area contributed by atoms with Crippen LogP contribution in [0.2, 0.25) is 0 Å². The second kappa shape index (κ2) is 7.21. The van der Waals surface area contributed by atoms with Crippen LogP contribution in [-0.4, -0.2) is 42.1 Å². The van der Waals surface area contributed by atoms with Crippen LogP contribution >= 0.6 is 0 Å². The van der Waals surface area contributed by atoms with Gasteiger partial charge in [0.25, 0.3) is 0 Å². The number of fused-ring (bicyclic) bond motifs is 2. The van der Waals surface area contributed by atoms with E-state index in [1.165, 1.54) is 5.71 Å². The van der Waals surface area contributed by atoms with E-state index in [9.17, 15) is 5.11 Å². The molecule has 3 aliphatic rings. The number of ether oxygens (including phenoxy) is 1. The summed E-state index contributed by atoms with van der Waals surface area (Å²) in [6, 6.07) is 20.5. The van der Waals surface area contributed by atoms with Crippen molar-refractivity contribution < 1.29 is 9.84 Å². The van der Waals surface area contributed by atoms with E-state index in [0.29, 0.717) is 5.92 Å². The molecular formula is C26H32N2O2. The Morgan fingerprint density at radius 3 is 2.07 bits per heavy atom. The highest BCUT2D eigenvalue weighted by molar-refractivity contribution is 5.96. The van der Waals surface area contributed by atoms with Gasteiger partial charge in [0.2, 0.25) is 0 Å². The smallest absolute Gasteiger partial charge is 0.126 e. The largest absolute Gasteiger partial charge is 0.379 e. The number of hydrazone groups is 1. The molecule has 2 bridgehead atoms. The zero-order valence-electron chi connectivity index (χ0n) is 18.1. The van der Waals surface area contributed by atoms with Gasteiger partial charge >= 0.3 is 0 Å². The Morgan fingerprint density at radius 1 is 0.967 bits per heavy atom. The van der Waals surface area contributed by atoms with Gasteiger partial charge in [0.05, 0.1) is 31.7 Å². The summed E-state index contributed by atoms with van der Waals surface area (Å²) < 4.78 is 5.54. The number of nitrogens with zero attached hydrogens (tertiary/aromatic N) is 2. The average Bonchev–Trinajstić information content (AvgIpc) is 3.17. The van der Waals surface area contributed by atoms with Crippen molar-refractivity contribution >= 4 is 5.71 Å². The van der Waals surface area contributed by atoms with Crippen LogP contribution in [0.4, 0.5) is 0 Å². The van der Waals surface area contributed by atoms with E-state index in [-0.39, 0.29) is 5.41 Å². The summed E-state index contributed by atoms with van der Waals surface area (Å²) in [5, 5.41) is 20.2. The van der Waals surface area contributed by atoms with Gasteiger partial charge in [0.1, 0.15) is 5.60 Å². The zero-order valence-corrected chi connectivity index (χ0v) is 18.1. The van der Waals surface area contributed by atoms with Gasteiger partial charge in [0.15, 0.2) is 0 Å². The fraction of sp³-hybridized carbons (Fsp3) is 0.500. The Bertz CT molecular complexity index is 879. The summed E-state index contributed by atoms with van der Waals surface area (Å²) in [6.07, 6.45) is 3.05. The minimum absolute atomic E-state index is 0.0570. The van der Waals surface area contributed by atoms with E-state index < -0.39 is 11.0 Å². The molecule has 1 aliphatic heterocycles. The maximum atomic E-state index is 12.8. The molecule has 2 atom stereocenters. The second-order valence-corrected chi connectivity index (χ2v) is 9.62. The molecule has 30 heavy (non-hydrogen) atoms. The summed E-state index contributed by atoms with van der Waals surface area (Å²) in [6.45, 7) is 7.78. The normalized spacial score (nSPS) is 29.5. The van der Waals surface area contributed by atoms with Crippen LogP contribution in [0, 0.1) is 16.7 Å². The number of rotatable bonds is 4. The van der Waals surface area contributed by atoms with Crippen LogP contribution < -0.4 is 0 Å². The third kappa shape index (κ3) is 2.63. The molecule has 1 heterocycles. The Hall–Kier alpha value is -2.17. The molecule has 0 aromatic heterocycles. The molecule has 3 fully saturated rings. The molecule has 0 radical (unpaired) electrons. The quantitative estimate of drug-likeness (QED) is 0.820. The van der Waals surface area contributed by atoms with Crippen molar-refractivity contribution in [2.75, 3.05) is 26.3 Å². The van der Waals surface area contributed by atoms with Crippen LogP contribution in [0.25, 0.3) is 0 Å². The molecule has 4 nitrogen and oxygen atoms in total. The van der Waals surface area contributed by atoms with Crippen molar-refractivity contribution in [3.8, 4) is 0 Å². The Balaban J connectivity index is 1.74. The molecule has 2 aromatic carbocycles. The lowest BCUT2D eigenvalue weighted by Crippen LogP contribution is -2.55. The van der Waals surface area contributed by atoms with Gasteiger partial charge in [-0.05, 0) is 41.7 Å². The molecule has 0 unspecified atom stereocenters. The molecule has 1 saturated heterocycles. The summed E-state index contributed by atoms with van der Waals surface area (Å²) in [5.41, 5.74) is 1.46. The Morgan fingerprint density at radius 2 is 1.53 bits per heavy atom. The van der Waals surface area contributed by atoms with Crippen LogP contribution in [0.15, 0.2) is 65.8 Å². The molecule has 1 N–H and O–H groups in total. The van der Waals surface area contributed by atoms with E-state index in [1.54, 1.807) is 0 Å². The first-order valence-electron chi connectivity index (χ1n) is 11.2. The third-order valence-electron chi connectivity index (χ3n) is 8.17. The monoisotopic (exact) mass is 404 g/mol. The molecule has 158 valence electrons. The van der Waals surface area contributed by atoms with Crippen molar-refractivity contribution in [1.82, 2.24) is 5.01 Å². The SMILES string of the molecule is CC1(C)[C@@H]2CC[C@]1(C(O)(c1ccccc1)c1ccccc1)/C(=N/N1CCOCC1)C2. The minimum atomic E-state index is -1.13. The maximum absolute atomic E-state index is 12.8. The van der Waals surface area contributed by atoms with Crippen LogP contribution in [0.3, 0.4) is 0 Å². The lowest BCUT2D eigenvalue weighted by Gasteiger charge is -2.51. The highest BCUT2D eigenvalue weighted by atomic mass is 16.5. The van der Waals surface area contributed by atoms with Gasteiger partial charge in [0, 0.05) is 5.71 Å². The molecule has 0 amide bonds. The van der Waals surface area contributed by atoms with Crippen molar-refractivity contribution in [2.45, 2.75) is 38.7 Å². The fourth-order valence-corrected chi connectivity index (χ4v) is 6.53. The second-order valence-electron chi connectivity index (χ2n) is 9.62. The van der Waals surface area contributed by atoms with Gasteiger partial charge in [-0.3, -0.25) is 5.01 Å². The molecule has 0 spiro atoms. The van der Waals surface area contributed by atoms with Gasteiger partial charge in [-0.1, -0.05) is 74.5 Å². The van der Waals surface area contributed by atoms with Crippen molar-refractivity contribution in [3.05, 3.63) is 71.8 Å². The summed E-state index contributed by atoms with van der Waals surface area (Å²) >= 11 is 0. The predicted molar refractivity (Wildman–Crippen MR) is 119 cm³/mol. The molecular weight excluding hydrogens is 372 g/mol.